The van der Waals surface area contributed by atoms with Crippen LogP contribution in [0.5, 0.6) is 0 Å². The fourth-order valence-electron chi connectivity index (χ4n) is 1.73. The largest absolute Gasteiger partial charge is 0.330 e. The lowest BCUT2D eigenvalue weighted by Crippen LogP contribution is -2.40. The van der Waals surface area contributed by atoms with Crippen LogP contribution in [0.25, 0.3) is 0 Å². The Labute approximate surface area is 71.2 Å². The van der Waals surface area contributed by atoms with E-state index in [1.54, 1.807) is 0 Å². The van der Waals surface area contributed by atoms with Crippen LogP contribution >= 0.6 is 11.3 Å². The van der Waals surface area contributed by atoms with Crippen LogP contribution in [-0.2, 0) is 5.41 Å². The van der Waals surface area contributed by atoms with Crippen molar-refractivity contribution in [1.29, 1.82) is 0 Å². The summed E-state index contributed by atoms with van der Waals surface area (Å²) >= 11 is 1.85. The van der Waals surface area contributed by atoms with Gasteiger partial charge in [0.15, 0.2) is 0 Å². The monoisotopic (exact) mass is 167 g/mol. The second-order valence-corrected chi connectivity index (χ2v) is 4.26. The molecule has 0 spiro atoms. The molecule has 1 heterocycles. The molecule has 1 saturated carbocycles. The van der Waals surface area contributed by atoms with Crippen molar-refractivity contribution in [3.8, 4) is 0 Å². The molecule has 2 rings (SSSR count). The summed E-state index contributed by atoms with van der Waals surface area (Å²) in [5.41, 5.74) is 6.15. The first-order chi connectivity index (χ1) is 5.37. The van der Waals surface area contributed by atoms with Crippen molar-refractivity contribution in [1.82, 2.24) is 0 Å². The van der Waals surface area contributed by atoms with Crippen molar-refractivity contribution in [3.05, 3.63) is 22.4 Å². The van der Waals surface area contributed by atoms with Gasteiger partial charge in [0.2, 0.25) is 0 Å². The third kappa shape index (κ3) is 1.01. The number of hydrogen-bond acceptors (Lipinski definition) is 2. The van der Waals surface area contributed by atoms with E-state index in [0.29, 0.717) is 5.41 Å². The Morgan fingerprint density at radius 1 is 1.55 bits per heavy atom. The van der Waals surface area contributed by atoms with E-state index in [0.717, 1.165) is 6.54 Å². The Morgan fingerprint density at radius 3 is 2.73 bits per heavy atom. The fourth-order valence-corrected chi connectivity index (χ4v) is 2.73. The van der Waals surface area contributed by atoms with Gasteiger partial charge in [-0.25, -0.2) is 0 Å². The van der Waals surface area contributed by atoms with E-state index < -0.39 is 0 Å². The SMILES string of the molecule is NCC1(c2cccs2)CCC1. The molecule has 60 valence electrons. The summed E-state index contributed by atoms with van der Waals surface area (Å²) in [4.78, 5) is 1.49. The maximum Gasteiger partial charge on any atom is 0.0169 e. The van der Waals surface area contributed by atoms with Crippen LogP contribution in [0.3, 0.4) is 0 Å². The minimum atomic E-state index is 0.383. The molecule has 0 radical (unpaired) electrons. The molecule has 2 heteroatoms. The van der Waals surface area contributed by atoms with Crippen LogP contribution in [0.2, 0.25) is 0 Å². The third-order valence-corrected chi connectivity index (χ3v) is 3.86. The van der Waals surface area contributed by atoms with Gasteiger partial charge in [0.05, 0.1) is 0 Å². The van der Waals surface area contributed by atoms with Crippen LogP contribution in [0.1, 0.15) is 24.1 Å². The van der Waals surface area contributed by atoms with Crippen molar-refractivity contribution >= 4 is 11.3 Å². The molecule has 1 fully saturated rings. The number of hydrogen-bond donors (Lipinski definition) is 1. The molecule has 1 aliphatic carbocycles. The Morgan fingerprint density at radius 2 is 2.36 bits per heavy atom. The van der Waals surface area contributed by atoms with Gasteiger partial charge in [-0.05, 0) is 24.3 Å². The van der Waals surface area contributed by atoms with Gasteiger partial charge >= 0.3 is 0 Å². The molecule has 1 aliphatic rings. The highest BCUT2D eigenvalue weighted by atomic mass is 32.1. The number of nitrogens with two attached hydrogens (primary N) is 1. The Hall–Kier alpha value is -0.340. The summed E-state index contributed by atoms with van der Waals surface area (Å²) in [5, 5.41) is 2.14. The van der Waals surface area contributed by atoms with E-state index in [9.17, 15) is 0 Å². The van der Waals surface area contributed by atoms with Gasteiger partial charge in [-0.3, -0.25) is 0 Å². The van der Waals surface area contributed by atoms with Gasteiger partial charge in [-0.2, -0.15) is 0 Å². The van der Waals surface area contributed by atoms with Gasteiger partial charge < -0.3 is 5.73 Å². The Kier molecular flexibility index (Phi) is 1.74. The van der Waals surface area contributed by atoms with E-state index >= 15 is 0 Å². The molecule has 1 nitrogen and oxygen atoms in total. The molecule has 1 aromatic rings. The molecular weight excluding hydrogens is 154 g/mol. The average molecular weight is 167 g/mol. The van der Waals surface area contributed by atoms with Crippen molar-refractivity contribution in [3.63, 3.8) is 0 Å². The first-order valence-corrected chi connectivity index (χ1v) is 4.99. The zero-order chi connectivity index (χ0) is 7.73. The number of thiophene rings is 1. The normalized spacial score (nSPS) is 21.2. The maximum atomic E-state index is 5.77. The number of rotatable bonds is 2. The topological polar surface area (TPSA) is 26.0 Å². The van der Waals surface area contributed by atoms with Gasteiger partial charge in [0.25, 0.3) is 0 Å². The molecular formula is C9H13NS. The van der Waals surface area contributed by atoms with Crippen LogP contribution < -0.4 is 5.73 Å². The van der Waals surface area contributed by atoms with E-state index in [4.69, 9.17) is 5.73 Å². The summed E-state index contributed by atoms with van der Waals surface area (Å²) in [6.45, 7) is 0.827. The van der Waals surface area contributed by atoms with Gasteiger partial charge in [0.1, 0.15) is 0 Å². The molecule has 11 heavy (non-hydrogen) atoms. The second-order valence-electron chi connectivity index (χ2n) is 3.32. The summed E-state index contributed by atoms with van der Waals surface area (Å²) in [5.74, 6) is 0. The lowest BCUT2D eigenvalue weighted by Gasteiger charge is -2.40. The van der Waals surface area contributed by atoms with E-state index in [1.807, 2.05) is 11.3 Å². The highest BCUT2D eigenvalue weighted by Gasteiger charge is 2.37. The molecule has 0 atom stereocenters. The van der Waals surface area contributed by atoms with E-state index in [2.05, 4.69) is 17.5 Å². The molecule has 0 amide bonds. The molecule has 1 aromatic heterocycles. The highest BCUT2D eigenvalue weighted by Crippen LogP contribution is 2.44. The smallest absolute Gasteiger partial charge is 0.0169 e. The highest BCUT2D eigenvalue weighted by molar-refractivity contribution is 7.10. The first kappa shape index (κ1) is 7.32. The summed E-state index contributed by atoms with van der Waals surface area (Å²) in [7, 11) is 0. The van der Waals surface area contributed by atoms with Crippen molar-refractivity contribution < 1.29 is 0 Å². The zero-order valence-corrected chi connectivity index (χ0v) is 7.36. The molecule has 0 aromatic carbocycles. The van der Waals surface area contributed by atoms with Crippen molar-refractivity contribution in [2.75, 3.05) is 6.54 Å². The molecule has 2 N–H and O–H groups in total. The standard InChI is InChI=1S/C9H13NS/c10-7-9(4-2-5-9)8-3-1-6-11-8/h1,3,6H,2,4-5,7,10H2. The molecule has 0 bridgehead atoms. The predicted octanol–water partition coefficient (Wildman–Crippen LogP) is 2.13. The molecule has 0 unspecified atom stereocenters. The molecule has 0 saturated heterocycles. The lowest BCUT2D eigenvalue weighted by atomic mass is 9.68. The van der Waals surface area contributed by atoms with Gasteiger partial charge in [-0.15, -0.1) is 11.3 Å². The summed E-state index contributed by atoms with van der Waals surface area (Å²) in [6.07, 6.45) is 3.95. The quantitative estimate of drug-likeness (QED) is 0.717. The fraction of sp³-hybridized carbons (Fsp3) is 0.556. The summed E-state index contributed by atoms with van der Waals surface area (Å²) in [6, 6.07) is 4.34. The minimum Gasteiger partial charge on any atom is -0.330 e. The van der Waals surface area contributed by atoms with Crippen LogP contribution in [0, 0.1) is 0 Å². The van der Waals surface area contributed by atoms with Crippen LogP contribution in [0.15, 0.2) is 17.5 Å². The van der Waals surface area contributed by atoms with Crippen LogP contribution in [-0.4, -0.2) is 6.54 Å². The summed E-state index contributed by atoms with van der Waals surface area (Å²) < 4.78 is 0. The predicted molar refractivity (Wildman–Crippen MR) is 48.9 cm³/mol. The van der Waals surface area contributed by atoms with Crippen molar-refractivity contribution in [2.24, 2.45) is 5.73 Å². The van der Waals surface area contributed by atoms with Crippen LogP contribution in [0.4, 0.5) is 0 Å². The van der Waals surface area contributed by atoms with E-state index in [-0.39, 0.29) is 0 Å². The minimum absolute atomic E-state index is 0.383. The zero-order valence-electron chi connectivity index (χ0n) is 6.55. The first-order valence-electron chi connectivity index (χ1n) is 4.11. The second kappa shape index (κ2) is 2.61. The van der Waals surface area contributed by atoms with E-state index in [1.165, 1.54) is 24.1 Å². The average Bonchev–Trinajstić information content (AvgIpc) is 2.39. The Balaban J connectivity index is 2.25. The van der Waals surface area contributed by atoms with Crippen molar-refractivity contribution in [2.45, 2.75) is 24.7 Å². The molecule has 0 aliphatic heterocycles. The third-order valence-electron chi connectivity index (χ3n) is 2.75. The maximum absolute atomic E-state index is 5.77. The van der Waals surface area contributed by atoms with Gasteiger partial charge in [0, 0.05) is 16.8 Å². The van der Waals surface area contributed by atoms with Gasteiger partial charge in [-0.1, -0.05) is 12.5 Å². The Bertz CT molecular complexity index is 218. The lowest BCUT2D eigenvalue weighted by molar-refractivity contribution is 0.258.